The van der Waals surface area contributed by atoms with Crippen LogP contribution in [0.2, 0.25) is 0 Å². The summed E-state index contributed by atoms with van der Waals surface area (Å²) in [6.07, 6.45) is 6.65. The van der Waals surface area contributed by atoms with Crippen LogP contribution in [-0.4, -0.2) is 63.0 Å². The fourth-order valence-corrected chi connectivity index (χ4v) is 3.52. The monoisotopic (exact) mass is 270 g/mol. The molecule has 2 heterocycles. The van der Waals surface area contributed by atoms with Gasteiger partial charge in [-0.2, -0.15) is 0 Å². The fourth-order valence-electron chi connectivity index (χ4n) is 3.52. The molecule has 2 rings (SSSR count). The molecular formula is C15H30N2O2. The van der Waals surface area contributed by atoms with Crippen LogP contribution in [0.15, 0.2) is 0 Å². The first-order chi connectivity index (χ1) is 9.33. The second-order valence-electron chi connectivity index (χ2n) is 5.90. The lowest BCUT2D eigenvalue weighted by Crippen LogP contribution is -2.49. The van der Waals surface area contributed by atoms with Gasteiger partial charge in [-0.15, -0.1) is 0 Å². The van der Waals surface area contributed by atoms with E-state index in [2.05, 4.69) is 17.1 Å². The molecule has 2 aliphatic heterocycles. The lowest BCUT2D eigenvalue weighted by Gasteiger charge is -2.37. The third-order valence-electron chi connectivity index (χ3n) is 4.43. The van der Waals surface area contributed by atoms with E-state index in [1.165, 1.54) is 38.6 Å². The highest BCUT2D eigenvalue weighted by Gasteiger charge is 2.35. The average Bonchev–Trinajstić information content (AvgIpc) is 2.76. The summed E-state index contributed by atoms with van der Waals surface area (Å²) >= 11 is 0. The summed E-state index contributed by atoms with van der Waals surface area (Å²) in [6.45, 7) is 6.80. The minimum Gasteiger partial charge on any atom is -0.382 e. The predicted molar refractivity (Wildman–Crippen MR) is 77.5 cm³/mol. The minimum absolute atomic E-state index is 0.700. The molecule has 112 valence electrons. The molecule has 2 aliphatic rings. The Bertz CT molecular complexity index is 238. The Kier molecular flexibility index (Phi) is 6.57. The number of methoxy groups -OCH3 is 1. The SMILES string of the molecule is CCCN(CCOCCOC)C1CC2CCC(C1)N2. The van der Waals surface area contributed by atoms with Crippen molar-refractivity contribution in [2.75, 3.05) is 40.0 Å². The molecule has 0 radical (unpaired) electrons. The van der Waals surface area contributed by atoms with E-state index in [-0.39, 0.29) is 0 Å². The third-order valence-corrected chi connectivity index (χ3v) is 4.43. The molecule has 0 amide bonds. The molecule has 0 aromatic carbocycles. The standard InChI is InChI=1S/C15H30N2O2/c1-3-6-17(7-8-19-10-9-18-2)15-11-13-4-5-14(12-15)16-13/h13-16H,3-12H2,1-2H3. The molecule has 2 unspecified atom stereocenters. The Morgan fingerprint density at radius 3 is 2.42 bits per heavy atom. The van der Waals surface area contributed by atoms with E-state index in [0.717, 1.165) is 31.3 Å². The molecule has 1 N–H and O–H groups in total. The molecule has 2 bridgehead atoms. The predicted octanol–water partition coefficient (Wildman–Crippen LogP) is 1.64. The number of nitrogens with zero attached hydrogens (tertiary/aromatic N) is 1. The summed E-state index contributed by atoms with van der Waals surface area (Å²) in [5, 5.41) is 3.73. The number of hydrogen-bond acceptors (Lipinski definition) is 4. The Balaban J connectivity index is 1.72. The molecule has 4 heteroatoms. The van der Waals surface area contributed by atoms with Crippen LogP contribution in [0.5, 0.6) is 0 Å². The average molecular weight is 270 g/mol. The van der Waals surface area contributed by atoms with Gasteiger partial charge in [-0.3, -0.25) is 4.90 Å². The van der Waals surface area contributed by atoms with Gasteiger partial charge in [-0.25, -0.2) is 0 Å². The Labute approximate surface area is 117 Å². The lowest BCUT2D eigenvalue weighted by atomic mass is 9.98. The van der Waals surface area contributed by atoms with Gasteiger partial charge < -0.3 is 14.8 Å². The number of rotatable bonds is 9. The van der Waals surface area contributed by atoms with Crippen molar-refractivity contribution in [3.05, 3.63) is 0 Å². The van der Waals surface area contributed by atoms with E-state index in [9.17, 15) is 0 Å². The van der Waals surface area contributed by atoms with Crippen LogP contribution in [0, 0.1) is 0 Å². The van der Waals surface area contributed by atoms with Crippen molar-refractivity contribution in [2.45, 2.75) is 57.2 Å². The Morgan fingerprint density at radius 2 is 1.79 bits per heavy atom. The van der Waals surface area contributed by atoms with Crippen molar-refractivity contribution in [3.63, 3.8) is 0 Å². The van der Waals surface area contributed by atoms with E-state index < -0.39 is 0 Å². The van der Waals surface area contributed by atoms with Gasteiger partial charge in [0, 0.05) is 31.8 Å². The van der Waals surface area contributed by atoms with Crippen molar-refractivity contribution in [1.29, 1.82) is 0 Å². The van der Waals surface area contributed by atoms with Gasteiger partial charge in [0.25, 0.3) is 0 Å². The van der Waals surface area contributed by atoms with Crippen LogP contribution >= 0.6 is 0 Å². The van der Waals surface area contributed by atoms with Gasteiger partial charge in [0.05, 0.1) is 19.8 Å². The zero-order chi connectivity index (χ0) is 13.5. The molecule has 2 saturated heterocycles. The highest BCUT2D eigenvalue weighted by Crippen LogP contribution is 2.29. The number of hydrogen-bond donors (Lipinski definition) is 1. The van der Waals surface area contributed by atoms with Crippen LogP contribution in [-0.2, 0) is 9.47 Å². The number of piperidine rings is 1. The first-order valence-electron chi connectivity index (χ1n) is 7.90. The van der Waals surface area contributed by atoms with Crippen molar-refractivity contribution >= 4 is 0 Å². The molecule has 4 nitrogen and oxygen atoms in total. The van der Waals surface area contributed by atoms with E-state index in [4.69, 9.17) is 9.47 Å². The smallest absolute Gasteiger partial charge is 0.0700 e. The molecule has 0 saturated carbocycles. The van der Waals surface area contributed by atoms with Crippen molar-refractivity contribution < 1.29 is 9.47 Å². The second kappa shape index (κ2) is 8.20. The number of fused-ring (bicyclic) bond motifs is 2. The van der Waals surface area contributed by atoms with E-state index in [0.29, 0.717) is 13.2 Å². The molecule has 0 aromatic heterocycles. The Hall–Kier alpha value is -0.160. The van der Waals surface area contributed by atoms with Crippen molar-refractivity contribution in [2.24, 2.45) is 0 Å². The fraction of sp³-hybridized carbons (Fsp3) is 1.00. The summed E-state index contributed by atoms with van der Waals surface area (Å²) in [4.78, 5) is 2.65. The minimum atomic E-state index is 0.700. The summed E-state index contributed by atoms with van der Waals surface area (Å²) in [7, 11) is 1.72. The lowest BCUT2D eigenvalue weighted by molar-refractivity contribution is 0.0430. The van der Waals surface area contributed by atoms with Gasteiger partial charge >= 0.3 is 0 Å². The molecule has 0 spiro atoms. The summed E-state index contributed by atoms with van der Waals surface area (Å²) < 4.78 is 10.6. The van der Waals surface area contributed by atoms with Gasteiger partial charge in [0.15, 0.2) is 0 Å². The highest BCUT2D eigenvalue weighted by molar-refractivity contribution is 4.95. The molecule has 2 fully saturated rings. The Morgan fingerprint density at radius 1 is 1.05 bits per heavy atom. The van der Waals surface area contributed by atoms with Gasteiger partial charge in [0.1, 0.15) is 0 Å². The maximum absolute atomic E-state index is 5.63. The van der Waals surface area contributed by atoms with E-state index in [1.54, 1.807) is 7.11 Å². The van der Waals surface area contributed by atoms with Gasteiger partial charge in [-0.05, 0) is 38.6 Å². The summed E-state index contributed by atoms with van der Waals surface area (Å²) in [5.41, 5.74) is 0. The second-order valence-corrected chi connectivity index (χ2v) is 5.90. The van der Waals surface area contributed by atoms with Crippen LogP contribution in [0.3, 0.4) is 0 Å². The summed E-state index contributed by atoms with van der Waals surface area (Å²) in [5.74, 6) is 0. The van der Waals surface area contributed by atoms with Gasteiger partial charge in [0.2, 0.25) is 0 Å². The maximum atomic E-state index is 5.63. The quantitative estimate of drug-likeness (QED) is 0.646. The third kappa shape index (κ3) is 4.71. The van der Waals surface area contributed by atoms with Crippen LogP contribution in [0.1, 0.15) is 39.0 Å². The molecule has 0 aromatic rings. The van der Waals surface area contributed by atoms with Crippen LogP contribution in [0.25, 0.3) is 0 Å². The largest absolute Gasteiger partial charge is 0.382 e. The first kappa shape index (κ1) is 15.2. The molecule has 2 atom stereocenters. The van der Waals surface area contributed by atoms with Crippen LogP contribution < -0.4 is 5.32 Å². The first-order valence-corrected chi connectivity index (χ1v) is 7.90. The van der Waals surface area contributed by atoms with E-state index in [1.807, 2.05) is 0 Å². The highest BCUT2D eigenvalue weighted by atomic mass is 16.5. The molecular weight excluding hydrogens is 240 g/mol. The van der Waals surface area contributed by atoms with Crippen molar-refractivity contribution in [1.82, 2.24) is 10.2 Å². The number of nitrogens with one attached hydrogen (secondary N) is 1. The maximum Gasteiger partial charge on any atom is 0.0700 e. The van der Waals surface area contributed by atoms with E-state index >= 15 is 0 Å². The molecule has 19 heavy (non-hydrogen) atoms. The van der Waals surface area contributed by atoms with Crippen molar-refractivity contribution in [3.8, 4) is 0 Å². The van der Waals surface area contributed by atoms with Gasteiger partial charge in [-0.1, -0.05) is 6.92 Å². The zero-order valence-electron chi connectivity index (χ0n) is 12.6. The number of ether oxygens (including phenoxy) is 2. The topological polar surface area (TPSA) is 33.7 Å². The summed E-state index contributed by atoms with van der Waals surface area (Å²) in [6, 6.07) is 2.32. The normalized spacial score (nSPS) is 30.2. The van der Waals surface area contributed by atoms with Crippen LogP contribution in [0.4, 0.5) is 0 Å². The molecule has 0 aliphatic carbocycles. The zero-order valence-corrected chi connectivity index (χ0v) is 12.6.